The second-order valence-corrected chi connectivity index (χ2v) is 8.82. The fourth-order valence-electron chi connectivity index (χ4n) is 3.49. The zero-order chi connectivity index (χ0) is 25.3. The van der Waals surface area contributed by atoms with Gasteiger partial charge in [-0.3, -0.25) is 14.9 Å². The van der Waals surface area contributed by atoms with Crippen molar-refractivity contribution in [3.05, 3.63) is 97.7 Å². The van der Waals surface area contributed by atoms with Gasteiger partial charge in [0.25, 0.3) is 11.8 Å². The van der Waals surface area contributed by atoms with E-state index in [9.17, 15) is 18.8 Å². The number of anilines is 1. The summed E-state index contributed by atoms with van der Waals surface area (Å²) in [7, 11) is 0. The maximum atomic E-state index is 13.5. The minimum Gasteiger partial charge on any atom is -0.487 e. The van der Waals surface area contributed by atoms with Crippen LogP contribution in [0.4, 0.5) is 14.9 Å². The highest BCUT2D eigenvalue weighted by atomic mass is 35.5. The summed E-state index contributed by atoms with van der Waals surface area (Å²) in [6.45, 7) is 1.61. The van der Waals surface area contributed by atoms with Crippen LogP contribution in [0.25, 0.3) is 6.08 Å². The standard InChI is InChI=1S/C25H16Cl3FN2O4/c1-13-19(27)6-3-7-21(13)31-24(33)18(23(32)30-25(31)34)10-15-9-16(26)11-20(28)22(15)35-12-14-4-2-5-17(29)8-14/h2-11H,12H2,1H3,(H,30,32,34)/b18-10+. The van der Waals surface area contributed by atoms with E-state index in [4.69, 9.17) is 39.5 Å². The van der Waals surface area contributed by atoms with Crippen molar-refractivity contribution in [3.8, 4) is 5.75 Å². The molecule has 6 nitrogen and oxygen atoms in total. The second kappa shape index (κ2) is 10.1. The highest BCUT2D eigenvalue weighted by Gasteiger charge is 2.38. The Hall–Kier alpha value is -3.39. The molecule has 35 heavy (non-hydrogen) atoms. The zero-order valence-electron chi connectivity index (χ0n) is 18.1. The first-order chi connectivity index (χ1) is 16.7. The third kappa shape index (κ3) is 5.17. The molecular weight excluding hydrogens is 518 g/mol. The van der Waals surface area contributed by atoms with Crippen LogP contribution in [0.3, 0.4) is 0 Å². The first-order valence-electron chi connectivity index (χ1n) is 10.2. The summed E-state index contributed by atoms with van der Waals surface area (Å²) in [5.41, 5.74) is 1.11. The molecule has 0 atom stereocenters. The minimum absolute atomic E-state index is 0.0399. The molecule has 0 bridgehead atoms. The summed E-state index contributed by atoms with van der Waals surface area (Å²) in [5.74, 6) is -2.07. The number of imide groups is 2. The van der Waals surface area contributed by atoms with Crippen molar-refractivity contribution in [3.63, 3.8) is 0 Å². The maximum absolute atomic E-state index is 13.5. The summed E-state index contributed by atoms with van der Waals surface area (Å²) in [4.78, 5) is 39.3. The predicted molar refractivity (Wildman–Crippen MR) is 132 cm³/mol. The van der Waals surface area contributed by atoms with Gasteiger partial charge in [-0.1, -0.05) is 53.0 Å². The van der Waals surface area contributed by atoms with Crippen LogP contribution in [0.2, 0.25) is 15.1 Å². The first kappa shape index (κ1) is 24.7. The molecule has 0 aromatic heterocycles. The predicted octanol–water partition coefficient (Wildman–Crippen LogP) is 6.34. The van der Waals surface area contributed by atoms with Gasteiger partial charge in [0, 0.05) is 15.6 Å². The Morgan fingerprint density at radius 1 is 1.00 bits per heavy atom. The van der Waals surface area contributed by atoms with Crippen molar-refractivity contribution in [2.75, 3.05) is 4.90 Å². The van der Waals surface area contributed by atoms with Crippen molar-refractivity contribution < 1.29 is 23.5 Å². The molecule has 0 radical (unpaired) electrons. The van der Waals surface area contributed by atoms with E-state index in [1.807, 2.05) is 0 Å². The summed E-state index contributed by atoms with van der Waals surface area (Å²) in [6.07, 6.45) is 1.23. The van der Waals surface area contributed by atoms with E-state index in [-0.39, 0.29) is 39.2 Å². The minimum atomic E-state index is -0.908. The molecular formula is C25H16Cl3FN2O4. The van der Waals surface area contributed by atoms with Crippen molar-refractivity contribution in [1.29, 1.82) is 0 Å². The number of hydrogen-bond donors (Lipinski definition) is 1. The lowest BCUT2D eigenvalue weighted by Crippen LogP contribution is -2.54. The first-order valence-corrected chi connectivity index (χ1v) is 11.3. The molecule has 178 valence electrons. The van der Waals surface area contributed by atoms with E-state index in [1.165, 1.54) is 42.5 Å². The smallest absolute Gasteiger partial charge is 0.335 e. The molecule has 1 aliphatic rings. The van der Waals surface area contributed by atoms with E-state index in [1.54, 1.807) is 25.1 Å². The van der Waals surface area contributed by atoms with Crippen LogP contribution in [0, 0.1) is 12.7 Å². The number of carbonyl (C=O) groups excluding carboxylic acids is 3. The average molecular weight is 534 g/mol. The molecule has 1 heterocycles. The Kier molecular flexibility index (Phi) is 7.12. The lowest BCUT2D eigenvalue weighted by Gasteiger charge is -2.28. The summed E-state index contributed by atoms with van der Waals surface area (Å²) < 4.78 is 19.3. The van der Waals surface area contributed by atoms with Gasteiger partial charge >= 0.3 is 6.03 Å². The Morgan fingerprint density at radius 3 is 2.49 bits per heavy atom. The lowest BCUT2D eigenvalue weighted by molar-refractivity contribution is -0.122. The molecule has 1 N–H and O–H groups in total. The van der Waals surface area contributed by atoms with Gasteiger partial charge in [0.05, 0.1) is 10.7 Å². The molecule has 0 saturated carbocycles. The number of urea groups is 1. The number of hydrogen-bond acceptors (Lipinski definition) is 4. The number of benzene rings is 3. The normalized spacial score (nSPS) is 14.9. The quantitative estimate of drug-likeness (QED) is 0.307. The van der Waals surface area contributed by atoms with Gasteiger partial charge in [-0.15, -0.1) is 0 Å². The largest absolute Gasteiger partial charge is 0.487 e. The molecule has 4 amide bonds. The SMILES string of the molecule is Cc1c(Cl)cccc1N1C(=O)NC(=O)/C(=C\c2cc(Cl)cc(Cl)c2OCc2cccc(F)c2)C1=O. The van der Waals surface area contributed by atoms with Gasteiger partial charge in [-0.05, 0) is 60.5 Å². The van der Waals surface area contributed by atoms with Crippen LogP contribution in [0.1, 0.15) is 16.7 Å². The number of nitrogens with one attached hydrogen (secondary N) is 1. The zero-order valence-corrected chi connectivity index (χ0v) is 20.3. The number of nitrogens with zero attached hydrogens (tertiary/aromatic N) is 1. The molecule has 10 heteroatoms. The van der Waals surface area contributed by atoms with Gasteiger partial charge in [-0.2, -0.15) is 0 Å². The summed E-state index contributed by atoms with van der Waals surface area (Å²) in [6, 6.07) is 12.5. The molecule has 0 spiro atoms. The third-order valence-electron chi connectivity index (χ3n) is 5.19. The summed E-state index contributed by atoms with van der Waals surface area (Å²) >= 11 is 18.6. The number of halogens is 4. The van der Waals surface area contributed by atoms with Crippen LogP contribution in [0.5, 0.6) is 5.75 Å². The lowest BCUT2D eigenvalue weighted by atomic mass is 10.0. The Morgan fingerprint density at radius 2 is 1.74 bits per heavy atom. The fraction of sp³-hybridized carbons (Fsp3) is 0.0800. The van der Waals surface area contributed by atoms with E-state index < -0.39 is 23.7 Å². The van der Waals surface area contributed by atoms with E-state index >= 15 is 0 Å². The highest BCUT2D eigenvalue weighted by molar-refractivity contribution is 6.40. The molecule has 4 rings (SSSR count). The van der Waals surface area contributed by atoms with Gasteiger partial charge in [0.2, 0.25) is 0 Å². The topological polar surface area (TPSA) is 75.7 Å². The Labute approximate surface area is 214 Å². The van der Waals surface area contributed by atoms with Crippen LogP contribution < -0.4 is 15.0 Å². The van der Waals surface area contributed by atoms with E-state index in [0.29, 0.717) is 16.1 Å². The van der Waals surface area contributed by atoms with Gasteiger partial charge in [-0.25, -0.2) is 14.1 Å². The number of rotatable bonds is 5. The van der Waals surface area contributed by atoms with E-state index in [0.717, 1.165) is 4.90 Å². The highest BCUT2D eigenvalue weighted by Crippen LogP contribution is 2.36. The van der Waals surface area contributed by atoms with Gasteiger partial charge in [0.15, 0.2) is 0 Å². The van der Waals surface area contributed by atoms with Crippen LogP contribution >= 0.6 is 34.8 Å². The van der Waals surface area contributed by atoms with Crippen LogP contribution in [-0.4, -0.2) is 17.8 Å². The van der Waals surface area contributed by atoms with Crippen LogP contribution in [0.15, 0.2) is 60.2 Å². The number of carbonyl (C=O) groups is 3. The third-order valence-corrected chi connectivity index (χ3v) is 6.10. The molecule has 1 aliphatic heterocycles. The van der Waals surface area contributed by atoms with Crippen molar-refractivity contribution in [2.45, 2.75) is 13.5 Å². The molecule has 1 saturated heterocycles. The molecule has 3 aromatic rings. The van der Waals surface area contributed by atoms with Crippen molar-refractivity contribution >= 4 is 64.4 Å². The Balaban J connectivity index is 1.74. The average Bonchev–Trinajstić information content (AvgIpc) is 2.78. The number of ether oxygens (including phenoxy) is 1. The maximum Gasteiger partial charge on any atom is 0.335 e. The monoisotopic (exact) mass is 532 g/mol. The molecule has 0 unspecified atom stereocenters. The molecule has 1 fully saturated rings. The second-order valence-electron chi connectivity index (χ2n) is 7.57. The summed E-state index contributed by atoms with van der Waals surface area (Å²) in [5, 5.41) is 2.84. The Bertz CT molecular complexity index is 1410. The molecule has 3 aromatic carbocycles. The van der Waals surface area contributed by atoms with Crippen LogP contribution in [-0.2, 0) is 16.2 Å². The fourth-order valence-corrected chi connectivity index (χ4v) is 4.23. The van der Waals surface area contributed by atoms with Crippen molar-refractivity contribution in [1.82, 2.24) is 5.32 Å². The van der Waals surface area contributed by atoms with E-state index in [2.05, 4.69) is 5.32 Å². The van der Waals surface area contributed by atoms with Crippen molar-refractivity contribution in [2.24, 2.45) is 0 Å². The number of amides is 4. The molecule has 0 aliphatic carbocycles. The number of barbiturate groups is 1. The van der Waals surface area contributed by atoms with Gasteiger partial charge in [0.1, 0.15) is 23.7 Å². The van der Waals surface area contributed by atoms with Gasteiger partial charge < -0.3 is 4.74 Å².